The molecule has 13 heavy (non-hydrogen) atoms. The Morgan fingerprint density at radius 3 is 3.00 bits per heavy atom. The Morgan fingerprint density at radius 2 is 2.31 bits per heavy atom. The van der Waals surface area contributed by atoms with Gasteiger partial charge in [-0.2, -0.15) is 4.39 Å². The first-order valence-corrected chi connectivity index (χ1v) is 3.98. The zero-order chi connectivity index (χ0) is 9.42. The Morgan fingerprint density at radius 1 is 1.54 bits per heavy atom. The van der Waals surface area contributed by atoms with Crippen LogP contribution >= 0.6 is 12.2 Å². The van der Waals surface area contributed by atoms with Crippen LogP contribution in [-0.4, -0.2) is 12.1 Å². The molecule has 2 aromatic rings. The van der Waals surface area contributed by atoms with E-state index in [9.17, 15) is 4.39 Å². The number of hydrogen-bond donors (Lipinski definition) is 1. The highest BCUT2D eigenvalue weighted by atomic mass is 32.1. The van der Waals surface area contributed by atoms with Crippen LogP contribution in [0.3, 0.4) is 0 Å². The van der Waals surface area contributed by atoms with E-state index in [4.69, 9.17) is 21.4 Å². The fourth-order valence-corrected chi connectivity index (χ4v) is 1.32. The first kappa shape index (κ1) is 8.25. The predicted molar refractivity (Wildman–Crippen MR) is 47.9 cm³/mol. The fourth-order valence-electron chi connectivity index (χ4n) is 1.12. The molecule has 5 heteroatoms. The van der Waals surface area contributed by atoms with E-state index < -0.39 is 5.82 Å². The predicted octanol–water partition coefficient (Wildman–Crippen LogP) is 2.64. The van der Waals surface area contributed by atoms with Crippen molar-refractivity contribution in [2.75, 3.05) is 7.11 Å². The molecule has 68 valence electrons. The van der Waals surface area contributed by atoms with Crippen molar-refractivity contribution < 1.29 is 13.5 Å². The molecule has 1 heterocycles. The van der Waals surface area contributed by atoms with E-state index in [1.165, 1.54) is 13.2 Å². The molecule has 0 bridgehead atoms. The van der Waals surface area contributed by atoms with Gasteiger partial charge < -0.3 is 14.1 Å². The lowest BCUT2D eigenvalue weighted by atomic mass is 10.3. The van der Waals surface area contributed by atoms with Crippen molar-refractivity contribution in [3.8, 4) is 5.75 Å². The normalized spacial score (nSPS) is 10.6. The highest BCUT2D eigenvalue weighted by Gasteiger charge is 2.10. The highest BCUT2D eigenvalue weighted by molar-refractivity contribution is 7.71. The van der Waals surface area contributed by atoms with Crippen LogP contribution < -0.4 is 4.74 Å². The van der Waals surface area contributed by atoms with Gasteiger partial charge in [-0.25, -0.2) is 0 Å². The minimum absolute atomic E-state index is 0.101. The van der Waals surface area contributed by atoms with Crippen molar-refractivity contribution in [2.24, 2.45) is 0 Å². The minimum atomic E-state index is -0.535. The summed E-state index contributed by atoms with van der Waals surface area (Å²) in [6, 6.07) is 3.16. The zero-order valence-electron chi connectivity index (χ0n) is 6.76. The number of benzene rings is 1. The molecule has 0 fully saturated rings. The number of H-pyrrole nitrogens is 1. The van der Waals surface area contributed by atoms with Gasteiger partial charge in [0.25, 0.3) is 4.84 Å². The summed E-state index contributed by atoms with van der Waals surface area (Å²) in [6.45, 7) is 0. The molecule has 0 saturated carbocycles. The van der Waals surface area contributed by atoms with Crippen molar-refractivity contribution in [2.45, 2.75) is 0 Å². The van der Waals surface area contributed by atoms with Crippen molar-refractivity contribution >= 4 is 23.3 Å². The van der Waals surface area contributed by atoms with E-state index in [-0.39, 0.29) is 16.2 Å². The summed E-state index contributed by atoms with van der Waals surface area (Å²) in [6.07, 6.45) is 0. The number of oxazole rings is 1. The number of hydrogen-bond acceptors (Lipinski definition) is 3. The lowest BCUT2D eigenvalue weighted by molar-refractivity contribution is 0.385. The molecule has 0 aliphatic rings. The van der Waals surface area contributed by atoms with Gasteiger partial charge in [0, 0.05) is 0 Å². The van der Waals surface area contributed by atoms with E-state index in [1.807, 2.05) is 0 Å². The third-order valence-corrected chi connectivity index (χ3v) is 1.90. The smallest absolute Gasteiger partial charge is 0.267 e. The summed E-state index contributed by atoms with van der Waals surface area (Å²) in [5.74, 6) is -0.391. The van der Waals surface area contributed by atoms with Gasteiger partial charge in [0.2, 0.25) is 5.82 Å². The summed E-state index contributed by atoms with van der Waals surface area (Å²) >= 11 is 4.72. The second-order valence-electron chi connectivity index (χ2n) is 2.47. The largest absolute Gasteiger partial charge is 0.494 e. The molecule has 3 nitrogen and oxygen atoms in total. The Kier molecular flexibility index (Phi) is 1.81. The number of nitrogens with one attached hydrogen (secondary N) is 1. The van der Waals surface area contributed by atoms with Crippen LogP contribution in [0.1, 0.15) is 0 Å². The molecule has 0 unspecified atom stereocenters. The van der Waals surface area contributed by atoms with Crippen molar-refractivity contribution in [1.29, 1.82) is 0 Å². The van der Waals surface area contributed by atoms with Gasteiger partial charge in [-0.05, 0) is 24.4 Å². The number of rotatable bonds is 1. The molecular formula is C8H6FNO2S. The van der Waals surface area contributed by atoms with E-state index in [0.29, 0.717) is 5.52 Å². The molecule has 1 aromatic heterocycles. The SMILES string of the molecule is COc1ccc2[nH]c(=S)oc2c1F. The van der Waals surface area contributed by atoms with Crippen LogP contribution in [0.4, 0.5) is 4.39 Å². The molecule has 0 atom stereocenters. The third kappa shape index (κ3) is 1.21. The summed E-state index contributed by atoms with van der Waals surface area (Å²) in [7, 11) is 1.39. The molecule has 0 aliphatic carbocycles. The topological polar surface area (TPSA) is 38.2 Å². The molecule has 1 aromatic carbocycles. The Hall–Kier alpha value is -1.36. The van der Waals surface area contributed by atoms with Gasteiger partial charge in [0.15, 0.2) is 11.3 Å². The van der Waals surface area contributed by atoms with Gasteiger partial charge >= 0.3 is 0 Å². The van der Waals surface area contributed by atoms with Crippen LogP contribution in [-0.2, 0) is 0 Å². The molecule has 0 amide bonds. The molecule has 1 N–H and O–H groups in total. The second-order valence-corrected chi connectivity index (χ2v) is 2.84. The lowest BCUT2D eigenvalue weighted by Crippen LogP contribution is -1.87. The van der Waals surface area contributed by atoms with E-state index in [0.717, 1.165) is 0 Å². The Bertz CT molecular complexity index is 502. The summed E-state index contributed by atoms with van der Waals surface area (Å²) in [5, 5.41) is 0. The van der Waals surface area contributed by atoms with Gasteiger partial charge in [-0.3, -0.25) is 0 Å². The Labute approximate surface area is 78.1 Å². The van der Waals surface area contributed by atoms with Gasteiger partial charge in [0.1, 0.15) is 0 Å². The number of fused-ring (bicyclic) bond motifs is 1. The van der Waals surface area contributed by atoms with Crippen LogP contribution in [0, 0.1) is 10.7 Å². The number of halogens is 1. The molecular weight excluding hydrogens is 193 g/mol. The van der Waals surface area contributed by atoms with E-state index in [2.05, 4.69) is 4.98 Å². The monoisotopic (exact) mass is 199 g/mol. The summed E-state index contributed by atoms with van der Waals surface area (Å²) in [4.78, 5) is 2.86. The van der Waals surface area contributed by atoms with Gasteiger partial charge in [-0.1, -0.05) is 0 Å². The number of aromatic nitrogens is 1. The average molecular weight is 199 g/mol. The number of ether oxygens (including phenoxy) is 1. The first-order valence-electron chi connectivity index (χ1n) is 3.57. The van der Waals surface area contributed by atoms with Gasteiger partial charge in [0.05, 0.1) is 12.6 Å². The van der Waals surface area contributed by atoms with Crippen LogP contribution in [0.25, 0.3) is 11.1 Å². The molecule has 0 saturated heterocycles. The maximum Gasteiger partial charge on any atom is 0.267 e. The first-order chi connectivity index (χ1) is 6.22. The Balaban J connectivity index is 2.85. The molecule has 0 radical (unpaired) electrons. The van der Waals surface area contributed by atoms with E-state index in [1.54, 1.807) is 6.07 Å². The van der Waals surface area contributed by atoms with Crippen molar-refractivity contribution in [1.82, 2.24) is 4.98 Å². The minimum Gasteiger partial charge on any atom is -0.494 e. The second kappa shape index (κ2) is 2.85. The zero-order valence-corrected chi connectivity index (χ0v) is 7.57. The quantitative estimate of drug-likeness (QED) is 0.717. The third-order valence-electron chi connectivity index (χ3n) is 1.71. The average Bonchev–Trinajstić information content (AvgIpc) is 2.47. The molecule has 0 spiro atoms. The van der Waals surface area contributed by atoms with Gasteiger partial charge in [-0.15, -0.1) is 0 Å². The van der Waals surface area contributed by atoms with Crippen molar-refractivity contribution in [3.63, 3.8) is 0 Å². The van der Waals surface area contributed by atoms with Crippen molar-refractivity contribution in [3.05, 3.63) is 22.8 Å². The van der Waals surface area contributed by atoms with Crippen LogP contribution in [0.5, 0.6) is 5.75 Å². The maximum atomic E-state index is 13.4. The molecule has 2 rings (SSSR count). The van der Waals surface area contributed by atoms with Crippen LogP contribution in [0.15, 0.2) is 16.5 Å². The number of methoxy groups -OCH3 is 1. The summed E-state index contributed by atoms with van der Waals surface area (Å²) < 4.78 is 23.1. The maximum absolute atomic E-state index is 13.4. The fraction of sp³-hybridized carbons (Fsp3) is 0.125. The number of aromatic amines is 1. The van der Waals surface area contributed by atoms with E-state index >= 15 is 0 Å². The highest BCUT2D eigenvalue weighted by Crippen LogP contribution is 2.25. The van der Waals surface area contributed by atoms with Crippen LogP contribution in [0.2, 0.25) is 0 Å². The molecule has 0 aliphatic heterocycles. The summed E-state index contributed by atoms with van der Waals surface area (Å²) in [5.41, 5.74) is 0.632. The standard InChI is InChI=1S/C8H6FNO2S/c1-11-5-3-2-4-7(6(5)9)12-8(13)10-4/h2-3H,1H3,(H,10,13). The lowest BCUT2D eigenvalue weighted by Gasteiger charge is -1.99.